The number of nitrogens with one attached hydrogen (secondary N) is 2. The molecule has 1 aromatic rings. The summed E-state index contributed by atoms with van der Waals surface area (Å²) in [5.41, 5.74) is 1.22. The van der Waals surface area contributed by atoms with Crippen LogP contribution in [0.1, 0.15) is 13.3 Å². The Morgan fingerprint density at radius 3 is 2.81 bits per heavy atom. The Kier molecular flexibility index (Phi) is 4.84. The first-order valence-electron chi connectivity index (χ1n) is 7.00. The second-order valence-electron chi connectivity index (χ2n) is 5.24. The quantitative estimate of drug-likeness (QED) is 0.851. The van der Waals surface area contributed by atoms with Crippen molar-refractivity contribution < 1.29 is 13.2 Å². The molecule has 116 valence electrons. The fourth-order valence-corrected chi connectivity index (χ4v) is 3.89. The lowest BCUT2D eigenvalue weighted by molar-refractivity contribution is -0.119. The van der Waals surface area contributed by atoms with Crippen LogP contribution in [0.15, 0.2) is 24.3 Å². The van der Waals surface area contributed by atoms with Crippen LogP contribution in [0, 0.1) is 5.92 Å². The van der Waals surface area contributed by atoms with Gasteiger partial charge in [-0.25, -0.2) is 8.42 Å². The molecule has 0 radical (unpaired) electrons. The molecule has 0 bridgehead atoms. The number of hydrogen-bond donors (Lipinski definition) is 2. The summed E-state index contributed by atoms with van der Waals surface area (Å²) in [5, 5.41) is 5.77. The molecule has 1 atom stereocenters. The molecule has 1 fully saturated rings. The first-order chi connectivity index (χ1) is 9.94. The van der Waals surface area contributed by atoms with Gasteiger partial charge >= 0.3 is 0 Å². The highest BCUT2D eigenvalue weighted by molar-refractivity contribution is 7.93. The first-order valence-corrected chi connectivity index (χ1v) is 8.61. The lowest BCUT2D eigenvalue weighted by Gasteiger charge is -2.18. The number of carbonyl (C=O) groups excluding carboxylic acids is 1. The predicted molar refractivity (Wildman–Crippen MR) is 83.9 cm³/mol. The van der Waals surface area contributed by atoms with Gasteiger partial charge in [-0.05, 0) is 31.7 Å². The molecule has 0 aromatic heterocycles. The van der Waals surface area contributed by atoms with Crippen molar-refractivity contribution in [3.63, 3.8) is 0 Å². The second kappa shape index (κ2) is 6.44. The van der Waals surface area contributed by atoms with Crippen LogP contribution >= 0.6 is 0 Å². The lowest BCUT2D eigenvalue weighted by atomic mass is 10.1. The Hall–Kier alpha value is -1.60. The van der Waals surface area contributed by atoms with E-state index in [9.17, 15) is 13.2 Å². The zero-order valence-corrected chi connectivity index (χ0v) is 13.1. The molecule has 1 unspecified atom stereocenters. The Bertz CT molecular complexity index is 616. The van der Waals surface area contributed by atoms with Gasteiger partial charge < -0.3 is 10.6 Å². The van der Waals surface area contributed by atoms with Gasteiger partial charge in [-0.2, -0.15) is 0 Å². The number of benzene rings is 1. The van der Waals surface area contributed by atoms with E-state index in [4.69, 9.17) is 0 Å². The summed E-state index contributed by atoms with van der Waals surface area (Å²) in [7, 11) is -1.41. The normalized spacial score (nSPS) is 18.5. The number of sulfonamides is 1. The zero-order chi connectivity index (χ0) is 15.5. The highest BCUT2D eigenvalue weighted by Crippen LogP contribution is 2.26. The molecule has 2 N–H and O–H groups in total. The summed E-state index contributed by atoms with van der Waals surface area (Å²) in [6.07, 6.45) is 0.637. The van der Waals surface area contributed by atoms with Crippen molar-refractivity contribution in [3.05, 3.63) is 24.3 Å². The van der Waals surface area contributed by atoms with Crippen molar-refractivity contribution >= 4 is 27.3 Å². The summed E-state index contributed by atoms with van der Waals surface area (Å²) in [6, 6.07) is 6.96. The Balaban J connectivity index is 2.13. The molecule has 7 heteroatoms. The number of anilines is 2. The van der Waals surface area contributed by atoms with Crippen LogP contribution in [0.4, 0.5) is 11.4 Å². The van der Waals surface area contributed by atoms with Gasteiger partial charge in [0.15, 0.2) is 0 Å². The molecule has 1 amide bonds. The van der Waals surface area contributed by atoms with Crippen LogP contribution in [0.5, 0.6) is 0 Å². The molecule has 21 heavy (non-hydrogen) atoms. The minimum atomic E-state index is -3.20. The largest absolute Gasteiger partial charge is 0.326 e. The van der Waals surface area contributed by atoms with Crippen molar-refractivity contribution in [2.75, 3.05) is 35.5 Å². The maximum Gasteiger partial charge on any atom is 0.235 e. The third-order valence-electron chi connectivity index (χ3n) is 3.46. The van der Waals surface area contributed by atoms with E-state index in [0.717, 1.165) is 0 Å². The number of carbonyl (C=O) groups is 1. The third-order valence-corrected chi connectivity index (χ3v) is 5.33. The van der Waals surface area contributed by atoms with E-state index in [1.807, 2.05) is 6.92 Å². The average molecular weight is 311 g/mol. The number of amides is 1. The van der Waals surface area contributed by atoms with Crippen molar-refractivity contribution in [2.24, 2.45) is 5.92 Å². The van der Waals surface area contributed by atoms with Crippen LogP contribution in [0.3, 0.4) is 0 Å². The van der Waals surface area contributed by atoms with E-state index in [0.29, 0.717) is 30.9 Å². The molecule has 1 aliphatic heterocycles. The number of rotatable bonds is 5. The van der Waals surface area contributed by atoms with E-state index >= 15 is 0 Å². The Morgan fingerprint density at radius 2 is 2.19 bits per heavy atom. The molecule has 0 saturated carbocycles. The highest BCUT2D eigenvalue weighted by atomic mass is 32.2. The van der Waals surface area contributed by atoms with Crippen molar-refractivity contribution in [1.29, 1.82) is 0 Å². The van der Waals surface area contributed by atoms with E-state index in [1.165, 1.54) is 4.31 Å². The van der Waals surface area contributed by atoms with Crippen LogP contribution in [-0.2, 0) is 14.8 Å². The summed E-state index contributed by atoms with van der Waals surface area (Å²) in [4.78, 5) is 12.0. The van der Waals surface area contributed by atoms with Crippen molar-refractivity contribution in [3.8, 4) is 0 Å². The summed E-state index contributed by atoms with van der Waals surface area (Å²) < 4.78 is 25.2. The average Bonchev–Trinajstić information content (AvgIpc) is 2.79. The van der Waals surface area contributed by atoms with E-state index in [1.54, 1.807) is 31.3 Å². The first kappa shape index (κ1) is 15.8. The predicted octanol–water partition coefficient (Wildman–Crippen LogP) is 1.02. The zero-order valence-electron chi connectivity index (χ0n) is 12.3. The van der Waals surface area contributed by atoms with Gasteiger partial charge in [0.05, 0.1) is 11.4 Å². The third kappa shape index (κ3) is 3.74. The fourth-order valence-electron chi connectivity index (χ4n) is 2.33. The van der Waals surface area contributed by atoms with Crippen LogP contribution in [-0.4, -0.2) is 40.2 Å². The molecule has 0 spiro atoms. The van der Waals surface area contributed by atoms with Gasteiger partial charge in [-0.1, -0.05) is 13.0 Å². The molecule has 1 aromatic carbocycles. The number of hydrogen-bond acceptors (Lipinski definition) is 4. The topological polar surface area (TPSA) is 78.5 Å². The van der Waals surface area contributed by atoms with Crippen molar-refractivity contribution in [1.82, 2.24) is 5.32 Å². The minimum absolute atomic E-state index is 0.0919. The SMILES string of the molecule is CNCC(C)C(=O)Nc1cccc(N2CCCS2(=O)=O)c1. The van der Waals surface area contributed by atoms with Gasteiger partial charge in [-0.3, -0.25) is 9.10 Å². The van der Waals surface area contributed by atoms with Gasteiger partial charge in [0.1, 0.15) is 0 Å². The fraction of sp³-hybridized carbons (Fsp3) is 0.500. The molecule has 0 aliphatic carbocycles. The molecule has 6 nitrogen and oxygen atoms in total. The Morgan fingerprint density at radius 1 is 1.43 bits per heavy atom. The van der Waals surface area contributed by atoms with Gasteiger partial charge in [0.25, 0.3) is 0 Å². The lowest BCUT2D eigenvalue weighted by Crippen LogP contribution is -2.29. The molecule has 1 aliphatic rings. The smallest absolute Gasteiger partial charge is 0.235 e. The van der Waals surface area contributed by atoms with E-state index < -0.39 is 10.0 Å². The monoisotopic (exact) mass is 311 g/mol. The van der Waals surface area contributed by atoms with Gasteiger partial charge in [-0.15, -0.1) is 0 Å². The van der Waals surface area contributed by atoms with Crippen molar-refractivity contribution in [2.45, 2.75) is 13.3 Å². The maximum atomic E-state index is 12.0. The summed E-state index contributed by atoms with van der Waals surface area (Å²) in [6.45, 7) is 2.92. The maximum absolute atomic E-state index is 12.0. The molecule has 2 rings (SSSR count). The number of nitrogens with zero attached hydrogens (tertiary/aromatic N) is 1. The molecule has 1 saturated heterocycles. The van der Waals surface area contributed by atoms with Crippen LogP contribution < -0.4 is 14.9 Å². The van der Waals surface area contributed by atoms with E-state index in [-0.39, 0.29) is 17.6 Å². The van der Waals surface area contributed by atoms with Gasteiger partial charge in [0.2, 0.25) is 15.9 Å². The van der Waals surface area contributed by atoms with Crippen LogP contribution in [0.25, 0.3) is 0 Å². The highest BCUT2D eigenvalue weighted by Gasteiger charge is 2.28. The Labute approximate surface area is 125 Å². The summed E-state index contributed by atoms with van der Waals surface area (Å²) in [5.74, 6) is -0.0667. The molecular formula is C14H21N3O3S. The summed E-state index contributed by atoms with van der Waals surface area (Å²) >= 11 is 0. The molecular weight excluding hydrogens is 290 g/mol. The standard InChI is InChI=1S/C14H21N3O3S/c1-11(10-15-2)14(18)16-12-5-3-6-13(9-12)17-7-4-8-21(17,19)20/h3,5-6,9,11,15H,4,7-8,10H2,1-2H3,(H,16,18). The van der Waals surface area contributed by atoms with Crippen LogP contribution in [0.2, 0.25) is 0 Å². The second-order valence-corrected chi connectivity index (χ2v) is 7.25. The van der Waals surface area contributed by atoms with E-state index in [2.05, 4.69) is 10.6 Å². The molecule has 1 heterocycles. The van der Waals surface area contributed by atoms with Gasteiger partial charge in [0, 0.05) is 24.7 Å². The minimum Gasteiger partial charge on any atom is -0.326 e.